The Labute approximate surface area is 187 Å². The Morgan fingerprint density at radius 2 is 1.88 bits per heavy atom. The van der Waals surface area contributed by atoms with Gasteiger partial charge in [0.2, 0.25) is 0 Å². The third-order valence-corrected chi connectivity index (χ3v) is 5.50. The number of nitrogens with one attached hydrogen (secondary N) is 1. The molecule has 0 heterocycles. The van der Waals surface area contributed by atoms with Crippen LogP contribution in [0.25, 0.3) is 10.8 Å². The molecule has 176 valence electrons. The van der Waals surface area contributed by atoms with Crippen molar-refractivity contribution in [2.45, 2.75) is 20.0 Å². The van der Waals surface area contributed by atoms with Crippen LogP contribution in [0.4, 0.5) is 10.5 Å². The van der Waals surface area contributed by atoms with E-state index in [-0.39, 0.29) is 19.0 Å². The molecular formula is C21H29N2O8P. The van der Waals surface area contributed by atoms with E-state index in [1.165, 1.54) is 14.0 Å². The molecule has 0 radical (unpaired) electrons. The lowest BCUT2D eigenvalue weighted by molar-refractivity contribution is 0.0247. The van der Waals surface area contributed by atoms with Crippen molar-refractivity contribution in [1.82, 2.24) is 5.32 Å². The summed E-state index contributed by atoms with van der Waals surface area (Å²) in [5, 5.41) is 3.86. The summed E-state index contributed by atoms with van der Waals surface area (Å²) in [5.74, 6) is 0.270. The van der Waals surface area contributed by atoms with E-state index < -0.39 is 26.6 Å². The molecule has 1 amide bonds. The fourth-order valence-corrected chi connectivity index (χ4v) is 3.55. The number of alkyl carbamates (subject to hydrolysis) is 1. The molecule has 2 aromatic rings. The molecule has 0 spiro atoms. The molecule has 0 aliphatic heterocycles. The van der Waals surface area contributed by atoms with E-state index >= 15 is 0 Å². The fourth-order valence-electron chi connectivity index (χ4n) is 2.80. The molecule has 0 bridgehead atoms. The van der Waals surface area contributed by atoms with Gasteiger partial charge in [-0.2, -0.15) is 0 Å². The van der Waals surface area contributed by atoms with Gasteiger partial charge in [0.15, 0.2) is 11.9 Å². The van der Waals surface area contributed by atoms with Crippen LogP contribution in [0.2, 0.25) is 0 Å². The highest BCUT2D eigenvalue weighted by Gasteiger charge is 2.25. The van der Waals surface area contributed by atoms with E-state index in [9.17, 15) is 19.0 Å². The lowest BCUT2D eigenvalue weighted by atomic mass is 10.0. The lowest BCUT2D eigenvalue weighted by Gasteiger charge is -2.21. The molecule has 0 aromatic heterocycles. The number of phosphoric ester groups is 1. The maximum absolute atomic E-state index is 12.0. The minimum Gasteiger partial charge on any atom is -0.489 e. The molecule has 32 heavy (non-hydrogen) atoms. The standard InChI is InChI=1S/C21H29N2O8P/c1-6-29-32(26,27)30-13-18(31-21(25)22-3)12-28-20-10-16(14(2)24)9-15-7-8-17(23(4)5)11-19(15)20/h7-11,18H,6,12-13H2,1-5H3,(H,22,25)(H,26,27)/t18-/m1/s1. The molecule has 2 atom stereocenters. The Balaban J connectivity index is 2.32. The van der Waals surface area contributed by atoms with Crippen LogP contribution >= 0.6 is 7.82 Å². The molecule has 1 unspecified atom stereocenters. The number of carbonyl (C=O) groups is 2. The van der Waals surface area contributed by atoms with Gasteiger partial charge in [0.25, 0.3) is 0 Å². The Hall–Kier alpha value is -2.65. The molecule has 0 aliphatic rings. The number of ketones is 1. The molecule has 0 aliphatic carbocycles. The predicted octanol–water partition coefficient (Wildman–Crippen LogP) is 3.37. The first-order valence-corrected chi connectivity index (χ1v) is 11.4. The van der Waals surface area contributed by atoms with Crippen molar-refractivity contribution in [1.29, 1.82) is 0 Å². The van der Waals surface area contributed by atoms with Crippen LogP contribution in [0.15, 0.2) is 30.3 Å². The number of fused-ring (bicyclic) bond motifs is 1. The number of hydrogen-bond acceptors (Lipinski definition) is 8. The van der Waals surface area contributed by atoms with Crippen molar-refractivity contribution in [3.8, 4) is 5.75 Å². The normalized spacial score (nSPS) is 13.8. The zero-order chi connectivity index (χ0) is 23.9. The fraction of sp³-hybridized carbons (Fsp3) is 0.429. The van der Waals surface area contributed by atoms with Gasteiger partial charge in [-0.25, -0.2) is 9.36 Å². The van der Waals surface area contributed by atoms with E-state index in [0.717, 1.165) is 16.5 Å². The van der Waals surface area contributed by atoms with E-state index in [2.05, 4.69) is 9.84 Å². The molecule has 0 saturated heterocycles. The number of hydrogen-bond donors (Lipinski definition) is 2. The molecule has 11 heteroatoms. The zero-order valence-electron chi connectivity index (χ0n) is 18.8. The van der Waals surface area contributed by atoms with E-state index in [0.29, 0.717) is 11.3 Å². The first kappa shape index (κ1) is 25.6. The Morgan fingerprint density at radius 1 is 1.16 bits per heavy atom. The number of carbonyl (C=O) groups excluding carboxylic acids is 2. The van der Waals surface area contributed by atoms with Gasteiger partial charge in [0.05, 0.1) is 13.2 Å². The number of ether oxygens (including phenoxy) is 2. The molecule has 0 saturated carbocycles. The third kappa shape index (κ3) is 7.20. The topological polar surface area (TPSA) is 124 Å². The van der Waals surface area contributed by atoms with Crippen LogP contribution in [-0.4, -0.2) is 63.8 Å². The average molecular weight is 468 g/mol. The second-order valence-electron chi connectivity index (χ2n) is 7.10. The number of benzene rings is 2. The zero-order valence-corrected chi connectivity index (χ0v) is 19.7. The lowest BCUT2D eigenvalue weighted by Crippen LogP contribution is -2.33. The second kappa shape index (κ2) is 11.3. The van der Waals surface area contributed by atoms with Crippen molar-refractivity contribution in [3.05, 3.63) is 35.9 Å². The van der Waals surface area contributed by atoms with E-state index in [4.69, 9.17) is 14.0 Å². The van der Waals surface area contributed by atoms with Gasteiger partial charge >= 0.3 is 13.9 Å². The van der Waals surface area contributed by atoms with Gasteiger partial charge in [0, 0.05) is 37.8 Å². The van der Waals surface area contributed by atoms with Gasteiger partial charge in [-0.3, -0.25) is 13.8 Å². The van der Waals surface area contributed by atoms with Gasteiger partial charge < -0.3 is 24.6 Å². The number of rotatable bonds is 11. The second-order valence-corrected chi connectivity index (χ2v) is 8.55. The summed E-state index contributed by atoms with van der Waals surface area (Å²) in [6.45, 7) is 2.35. The van der Waals surface area contributed by atoms with Crippen LogP contribution in [-0.2, 0) is 18.3 Å². The molecule has 10 nitrogen and oxygen atoms in total. The summed E-state index contributed by atoms with van der Waals surface area (Å²) in [4.78, 5) is 35.2. The summed E-state index contributed by atoms with van der Waals surface area (Å²) in [6, 6.07) is 9.11. The first-order chi connectivity index (χ1) is 15.1. The van der Waals surface area contributed by atoms with Crippen LogP contribution in [0, 0.1) is 0 Å². The Bertz CT molecular complexity index is 1010. The van der Waals surface area contributed by atoms with Crippen molar-refractivity contribution in [2.24, 2.45) is 0 Å². The summed E-state index contributed by atoms with van der Waals surface area (Å²) in [7, 11) is 0.900. The number of anilines is 1. The Morgan fingerprint density at radius 3 is 2.47 bits per heavy atom. The van der Waals surface area contributed by atoms with Gasteiger partial charge in [-0.1, -0.05) is 6.07 Å². The summed E-state index contributed by atoms with van der Waals surface area (Å²) >= 11 is 0. The number of nitrogens with zero attached hydrogens (tertiary/aromatic N) is 1. The molecule has 2 N–H and O–H groups in total. The quantitative estimate of drug-likeness (QED) is 0.377. The van der Waals surface area contributed by atoms with Crippen molar-refractivity contribution >= 4 is 36.2 Å². The van der Waals surface area contributed by atoms with Crippen LogP contribution in [0.5, 0.6) is 5.75 Å². The van der Waals surface area contributed by atoms with Crippen LogP contribution < -0.4 is 15.0 Å². The largest absolute Gasteiger partial charge is 0.489 e. The van der Waals surface area contributed by atoms with E-state index in [1.54, 1.807) is 19.1 Å². The maximum atomic E-state index is 12.0. The molecule has 0 fully saturated rings. The van der Waals surface area contributed by atoms with Gasteiger partial charge in [-0.15, -0.1) is 0 Å². The summed E-state index contributed by atoms with van der Waals surface area (Å²) in [5.41, 5.74) is 1.39. The van der Waals surface area contributed by atoms with Crippen LogP contribution in [0.3, 0.4) is 0 Å². The molecule has 2 rings (SSSR count). The minimum absolute atomic E-state index is 0.0245. The number of Topliss-reactive ketones (excluding diaryl/α,β-unsaturated/α-hetero) is 1. The Kier molecular flexibility index (Phi) is 9.03. The van der Waals surface area contributed by atoms with Gasteiger partial charge in [-0.05, 0) is 43.5 Å². The minimum atomic E-state index is -4.29. The highest BCUT2D eigenvalue weighted by Crippen LogP contribution is 2.43. The van der Waals surface area contributed by atoms with Crippen molar-refractivity contribution < 1.29 is 37.6 Å². The maximum Gasteiger partial charge on any atom is 0.472 e. The summed E-state index contributed by atoms with van der Waals surface area (Å²) in [6.07, 6.45) is -1.78. The first-order valence-electron chi connectivity index (χ1n) is 9.95. The van der Waals surface area contributed by atoms with E-state index in [1.807, 2.05) is 37.2 Å². The van der Waals surface area contributed by atoms with Gasteiger partial charge in [0.1, 0.15) is 12.4 Å². The predicted molar refractivity (Wildman–Crippen MR) is 121 cm³/mol. The average Bonchev–Trinajstić information content (AvgIpc) is 2.74. The SMILES string of the molecule is CCOP(=O)(O)OC[C@@H](COc1cc(C(C)=O)cc2ccc(N(C)C)cc12)OC(=O)NC. The smallest absolute Gasteiger partial charge is 0.472 e. The monoisotopic (exact) mass is 468 g/mol. The van der Waals surface area contributed by atoms with Crippen LogP contribution in [0.1, 0.15) is 24.2 Å². The highest BCUT2D eigenvalue weighted by atomic mass is 31.2. The van der Waals surface area contributed by atoms with Crippen molar-refractivity contribution in [2.75, 3.05) is 45.9 Å². The highest BCUT2D eigenvalue weighted by molar-refractivity contribution is 7.47. The number of phosphoric acid groups is 1. The van der Waals surface area contributed by atoms with Crippen molar-refractivity contribution in [3.63, 3.8) is 0 Å². The third-order valence-electron chi connectivity index (χ3n) is 4.44. The molecular weight excluding hydrogens is 439 g/mol. The number of amides is 1. The molecule has 2 aromatic carbocycles. The summed E-state index contributed by atoms with van der Waals surface area (Å²) < 4.78 is 32.5.